The molecule has 1 unspecified atom stereocenters. The molecule has 2 atom stereocenters. The van der Waals surface area contributed by atoms with E-state index < -0.39 is 18.2 Å². The molecule has 0 aliphatic heterocycles. The van der Waals surface area contributed by atoms with Gasteiger partial charge in [-0.15, -0.1) is 0 Å². The summed E-state index contributed by atoms with van der Waals surface area (Å²) in [6.07, 6.45) is -3.61. The number of carbonyl (C=O) groups is 1. The highest BCUT2D eigenvalue weighted by Crippen LogP contribution is 2.22. The minimum Gasteiger partial charge on any atom is -0.464 e. The van der Waals surface area contributed by atoms with Crippen molar-refractivity contribution in [2.24, 2.45) is 0 Å². The van der Waals surface area contributed by atoms with E-state index in [2.05, 4.69) is 4.74 Å². The summed E-state index contributed by atoms with van der Waals surface area (Å²) in [5, 5.41) is 10.0. The number of rotatable bonds is 4. The van der Waals surface area contributed by atoms with E-state index in [4.69, 9.17) is 11.6 Å². The first-order valence-electron chi connectivity index (χ1n) is 4.80. The standard InChI is InChI=1S/C11H12ClFO3/c1-2-16-11(15)9(13)10(14)7-3-5-8(12)6-4-7/h3-6,9-10,14H,2H2,1H3/t9?,10-/m1/s1. The third-order valence-electron chi connectivity index (χ3n) is 2.00. The van der Waals surface area contributed by atoms with Crippen LogP contribution >= 0.6 is 11.6 Å². The number of aliphatic hydroxyl groups is 1. The van der Waals surface area contributed by atoms with Gasteiger partial charge in [0, 0.05) is 5.02 Å². The average molecular weight is 247 g/mol. The SMILES string of the molecule is CCOC(=O)C(F)[C@H](O)c1ccc(Cl)cc1. The van der Waals surface area contributed by atoms with Gasteiger partial charge in [-0.2, -0.15) is 0 Å². The van der Waals surface area contributed by atoms with Crippen LogP contribution in [0.4, 0.5) is 4.39 Å². The van der Waals surface area contributed by atoms with Crippen molar-refractivity contribution >= 4 is 17.6 Å². The number of halogens is 2. The monoisotopic (exact) mass is 246 g/mol. The van der Waals surface area contributed by atoms with Crippen LogP contribution in [-0.4, -0.2) is 23.9 Å². The van der Waals surface area contributed by atoms with E-state index in [-0.39, 0.29) is 12.2 Å². The second-order valence-corrected chi connectivity index (χ2v) is 3.59. The summed E-state index contributed by atoms with van der Waals surface area (Å²) < 4.78 is 17.9. The van der Waals surface area contributed by atoms with Crippen LogP contribution in [0.1, 0.15) is 18.6 Å². The molecular weight excluding hydrogens is 235 g/mol. The van der Waals surface area contributed by atoms with Gasteiger partial charge in [-0.3, -0.25) is 0 Å². The summed E-state index contributed by atoms with van der Waals surface area (Å²) in [5.74, 6) is -1.06. The van der Waals surface area contributed by atoms with E-state index in [1.807, 2.05) is 0 Å². The molecule has 0 amide bonds. The number of alkyl halides is 1. The fourth-order valence-corrected chi connectivity index (χ4v) is 1.31. The highest BCUT2D eigenvalue weighted by Gasteiger charge is 2.28. The van der Waals surface area contributed by atoms with Crippen molar-refractivity contribution in [3.05, 3.63) is 34.9 Å². The Morgan fingerprint density at radius 2 is 2.06 bits per heavy atom. The van der Waals surface area contributed by atoms with Crippen LogP contribution < -0.4 is 0 Å². The summed E-state index contributed by atoms with van der Waals surface area (Å²) in [6.45, 7) is 1.64. The molecule has 3 nitrogen and oxygen atoms in total. The summed E-state index contributed by atoms with van der Waals surface area (Å²) in [7, 11) is 0. The molecule has 0 spiro atoms. The van der Waals surface area contributed by atoms with E-state index in [0.717, 1.165) is 0 Å². The number of hydrogen-bond acceptors (Lipinski definition) is 3. The fourth-order valence-electron chi connectivity index (χ4n) is 1.18. The van der Waals surface area contributed by atoms with E-state index in [9.17, 15) is 14.3 Å². The maximum Gasteiger partial charge on any atom is 0.343 e. The van der Waals surface area contributed by atoms with Gasteiger partial charge in [0.15, 0.2) is 0 Å². The number of hydrogen-bond donors (Lipinski definition) is 1. The van der Waals surface area contributed by atoms with Crippen LogP contribution in [0.25, 0.3) is 0 Å². The Morgan fingerprint density at radius 1 is 1.50 bits per heavy atom. The molecule has 1 aromatic carbocycles. The minimum absolute atomic E-state index is 0.0760. The molecule has 1 N–H and O–H groups in total. The number of aliphatic hydroxyl groups excluding tert-OH is 1. The molecule has 0 heterocycles. The van der Waals surface area contributed by atoms with E-state index in [1.54, 1.807) is 6.92 Å². The van der Waals surface area contributed by atoms with Gasteiger partial charge in [-0.1, -0.05) is 23.7 Å². The first kappa shape index (κ1) is 12.9. The Morgan fingerprint density at radius 3 is 2.56 bits per heavy atom. The molecule has 0 aliphatic carbocycles. The first-order valence-corrected chi connectivity index (χ1v) is 5.18. The van der Waals surface area contributed by atoms with E-state index >= 15 is 0 Å². The predicted octanol–water partition coefficient (Wildman–Crippen LogP) is 2.27. The maximum absolute atomic E-state index is 13.4. The van der Waals surface area contributed by atoms with Gasteiger partial charge in [0.2, 0.25) is 6.17 Å². The molecule has 88 valence electrons. The molecular formula is C11H12ClFO3. The van der Waals surface area contributed by atoms with Gasteiger partial charge >= 0.3 is 5.97 Å². The van der Waals surface area contributed by atoms with E-state index in [0.29, 0.717) is 5.02 Å². The summed E-state index contributed by atoms with van der Waals surface area (Å²) >= 11 is 5.64. The summed E-state index contributed by atoms with van der Waals surface area (Å²) in [6, 6.07) is 5.94. The quantitative estimate of drug-likeness (QED) is 0.829. The summed E-state index contributed by atoms with van der Waals surface area (Å²) in [5.41, 5.74) is 0.282. The first-order chi connectivity index (χ1) is 7.56. The topological polar surface area (TPSA) is 46.5 Å². The number of ether oxygens (including phenoxy) is 1. The van der Waals surface area contributed by atoms with Crippen molar-refractivity contribution in [1.29, 1.82) is 0 Å². The molecule has 0 radical (unpaired) electrons. The third kappa shape index (κ3) is 3.18. The van der Waals surface area contributed by atoms with Crippen molar-refractivity contribution < 1.29 is 19.0 Å². The van der Waals surface area contributed by atoms with Crippen molar-refractivity contribution in [3.63, 3.8) is 0 Å². The molecule has 1 rings (SSSR count). The fraction of sp³-hybridized carbons (Fsp3) is 0.364. The Bertz CT molecular complexity index is 353. The number of benzene rings is 1. The van der Waals surface area contributed by atoms with Crippen molar-refractivity contribution in [1.82, 2.24) is 0 Å². The lowest BCUT2D eigenvalue weighted by atomic mass is 10.1. The molecule has 0 aromatic heterocycles. The largest absolute Gasteiger partial charge is 0.464 e. The van der Waals surface area contributed by atoms with Gasteiger partial charge in [0.1, 0.15) is 6.10 Å². The van der Waals surface area contributed by atoms with Gasteiger partial charge < -0.3 is 9.84 Å². The highest BCUT2D eigenvalue weighted by molar-refractivity contribution is 6.30. The van der Waals surface area contributed by atoms with Gasteiger partial charge in [-0.05, 0) is 24.6 Å². The zero-order valence-electron chi connectivity index (χ0n) is 8.69. The second-order valence-electron chi connectivity index (χ2n) is 3.15. The predicted molar refractivity (Wildman–Crippen MR) is 57.9 cm³/mol. The molecule has 16 heavy (non-hydrogen) atoms. The van der Waals surface area contributed by atoms with Crippen LogP contribution in [0.15, 0.2) is 24.3 Å². The van der Waals surface area contributed by atoms with Crippen LogP contribution in [0.5, 0.6) is 0 Å². The van der Waals surface area contributed by atoms with Gasteiger partial charge in [0.05, 0.1) is 6.61 Å². The van der Waals surface area contributed by atoms with Crippen molar-refractivity contribution in [2.45, 2.75) is 19.2 Å². The van der Waals surface area contributed by atoms with Crippen LogP contribution in [0.2, 0.25) is 5.02 Å². The zero-order chi connectivity index (χ0) is 12.1. The lowest BCUT2D eigenvalue weighted by Crippen LogP contribution is -2.26. The number of carbonyl (C=O) groups excluding carboxylic acids is 1. The Hall–Kier alpha value is -1.13. The molecule has 0 fully saturated rings. The Kier molecular flexibility index (Phi) is 4.71. The van der Waals surface area contributed by atoms with Gasteiger partial charge in [0.25, 0.3) is 0 Å². The van der Waals surface area contributed by atoms with Crippen molar-refractivity contribution in [2.75, 3.05) is 6.61 Å². The zero-order valence-corrected chi connectivity index (χ0v) is 9.45. The smallest absolute Gasteiger partial charge is 0.343 e. The normalized spacial score (nSPS) is 14.2. The third-order valence-corrected chi connectivity index (χ3v) is 2.25. The van der Waals surface area contributed by atoms with Crippen LogP contribution in [0.3, 0.4) is 0 Å². The number of esters is 1. The summed E-state index contributed by atoms with van der Waals surface area (Å²) in [4.78, 5) is 11.0. The molecule has 0 aliphatic rings. The highest BCUT2D eigenvalue weighted by atomic mass is 35.5. The Labute approximate surface area is 97.8 Å². The molecule has 0 saturated carbocycles. The lowest BCUT2D eigenvalue weighted by Gasteiger charge is -2.14. The lowest BCUT2D eigenvalue weighted by molar-refractivity contribution is -0.153. The van der Waals surface area contributed by atoms with Gasteiger partial charge in [-0.25, -0.2) is 9.18 Å². The molecule has 0 saturated heterocycles. The molecule has 1 aromatic rings. The van der Waals surface area contributed by atoms with Crippen LogP contribution in [0, 0.1) is 0 Å². The molecule has 5 heteroatoms. The maximum atomic E-state index is 13.4. The van der Waals surface area contributed by atoms with Crippen LogP contribution in [-0.2, 0) is 9.53 Å². The second kappa shape index (κ2) is 5.82. The van der Waals surface area contributed by atoms with Crippen molar-refractivity contribution in [3.8, 4) is 0 Å². The minimum atomic E-state index is -2.08. The Balaban J connectivity index is 2.73. The average Bonchev–Trinajstić information content (AvgIpc) is 2.28. The van der Waals surface area contributed by atoms with E-state index in [1.165, 1.54) is 24.3 Å². The molecule has 0 bridgehead atoms.